The molecular weight excluding hydrogens is 349 g/mol. The number of halogens is 1. The molecule has 3 aromatic rings. The van der Waals surface area contributed by atoms with Crippen molar-refractivity contribution in [2.24, 2.45) is 0 Å². The Morgan fingerprint density at radius 2 is 2.11 bits per heavy atom. The maximum atomic E-state index is 13.2. The second-order valence-electron chi connectivity index (χ2n) is 6.45. The summed E-state index contributed by atoms with van der Waals surface area (Å²) in [6.45, 7) is 0.124. The van der Waals surface area contributed by atoms with Crippen molar-refractivity contribution >= 4 is 5.91 Å². The second kappa shape index (κ2) is 7.20. The van der Waals surface area contributed by atoms with Crippen LogP contribution in [0.1, 0.15) is 33.4 Å². The van der Waals surface area contributed by atoms with Crippen molar-refractivity contribution in [1.82, 2.24) is 15.5 Å². The minimum absolute atomic E-state index is 0.124. The fourth-order valence-electron chi connectivity index (χ4n) is 3.23. The lowest BCUT2D eigenvalue weighted by Gasteiger charge is -2.17. The Bertz CT molecular complexity index is 972. The third-order valence-electron chi connectivity index (χ3n) is 4.54. The Morgan fingerprint density at radius 3 is 2.96 bits per heavy atom. The third kappa shape index (κ3) is 3.68. The fraction of sp³-hybridized carbons (Fsp3) is 0.200. The van der Waals surface area contributed by atoms with Crippen LogP contribution in [-0.4, -0.2) is 27.3 Å². The van der Waals surface area contributed by atoms with E-state index in [1.165, 1.54) is 12.1 Å². The maximum Gasteiger partial charge on any atom is 0.272 e. The smallest absolute Gasteiger partial charge is 0.272 e. The van der Waals surface area contributed by atoms with E-state index in [9.17, 15) is 14.3 Å². The predicted molar refractivity (Wildman–Crippen MR) is 95.7 cm³/mol. The quantitative estimate of drug-likeness (QED) is 0.647. The zero-order valence-corrected chi connectivity index (χ0v) is 14.4. The van der Waals surface area contributed by atoms with Crippen molar-refractivity contribution in [2.75, 3.05) is 0 Å². The number of ether oxygens (including phenoxy) is 1. The van der Waals surface area contributed by atoms with Crippen LogP contribution in [0.4, 0.5) is 4.39 Å². The van der Waals surface area contributed by atoms with E-state index in [1.54, 1.807) is 18.2 Å². The zero-order chi connectivity index (χ0) is 18.8. The topological polar surface area (TPSA) is 87.2 Å². The molecule has 1 aliphatic rings. The van der Waals surface area contributed by atoms with E-state index in [0.29, 0.717) is 17.9 Å². The van der Waals surface area contributed by atoms with Crippen LogP contribution in [0.2, 0.25) is 0 Å². The van der Waals surface area contributed by atoms with Gasteiger partial charge in [0.1, 0.15) is 23.9 Å². The van der Waals surface area contributed by atoms with Crippen LogP contribution in [-0.2, 0) is 13.0 Å². The number of amides is 1. The Balaban J connectivity index is 1.40. The average molecular weight is 367 g/mol. The number of aromatic amines is 1. The van der Waals surface area contributed by atoms with Gasteiger partial charge in [-0.25, -0.2) is 4.39 Å². The Morgan fingerprint density at radius 1 is 1.26 bits per heavy atom. The van der Waals surface area contributed by atoms with Crippen LogP contribution in [0.25, 0.3) is 0 Å². The number of benzene rings is 2. The number of nitrogens with one attached hydrogen (secondary N) is 2. The monoisotopic (exact) mass is 367 g/mol. The lowest BCUT2D eigenvalue weighted by molar-refractivity contribution is 0.0853. The summed E-state index contributed by atoms with van der Waals surface area (Å²) in [6.07, 6.45) is -0.157. The number of hydrogen-bond donors (Lipinski definition) is 3. The largest absolute Gasteiger partial charge is 0.487 e. The summed E-state index contributed by atoms with van der Waals surface area (Å²) < 4.78 is 18.6. The SMILES string of the molecule is O=C(N[C@@H]1c2ccccc2C[C@@H]1O)c1cc(COc2cccc(F)c2)[nH]n1. The molecule has 0 bridgehead atoms. The first kappa shape index (κ1) is 17.2. The van der Waals surface area contributed by atoms with Gasteiger partial charge in [0.05, 0.1) is 17.8 Å². The van der Waals surface area contributed by atoms with E-state index in [0.717, 1.165) is 11.1 Å². The van der Waals surface area contributed by atoms with E-state index < -0.39 is 12.1 Å². The van der Waals surface area contributed by atoms with Crippen LogP contribution < -0.4 is 10.1 Å². The minimum Gasteiger partial charge on any atom is -0.487 e. The van der Waals surface area contributed by atoms with Crippen molar-refractivity contribution in [3.05, 3.63) is 82.9 Å². The molecule has 3 N–H and O–H groups in total. The summed E-state index contributed by atoms with van der Waals surface area (Å²) in [5.74, 6) is -0.377. The summed E-state index contributed by atoms with van der Waals surface area (Å²) in [6, 6.07) is 14.6. The van der Waals surface area contributed by atoms with Gasteiger partial charge in [0.15, 0.2) is 0 Å². The van der Waals surface area contributed by atoms with Crippen molar-refractivity contribution in [2.45, 2.75) is 25.2 Å². The first-order chi connectivity index (χ1) is 13.1. The van der Waals surface area contributed by atoms with Crippen LogP contribution in [0.3, 0.4) is 0 Å². The number of aliphatic hydroxyl groups is 1. The van der Waals surface area contributed by atoms with Gasteiger partial charge in [-0.3, -0.25) is 9.89 Å². The Hall–Kier alpha value is -3.19. The molecule has 7 heteroatoms. The Kier molecular flexibility index (Phi) is 4.60. The number of hydrogen-bond acceptors (Lipinski definition) is 4. The van der Waals surface area contributed by atoms with Gasteiger partial charge in [0.2, 0.25) is 0 Å². The standard InChI is InChI=1S/C20H18FN3O3/c21-13-5-3-6-15(9-13)27-11-14-10-17(24-23-14)20(26)22-19-16-7-2-1-4-12(16)8-18(19)25/h1-7,9-10,18-19,25H,8,11H2,(H,22,26)(H,23,24)/t18-,19+/m0/s1. The lowest BCUT2D eigenvalue weighted by Crippen LogP contribution is -2.34. The molecule has 1 aromatic heterocycles. The molecule has 6 nitrogen and oxygen atoms in total. The van der Waals surface area contributed by atoms with Gasteiger partial charge < -0.3 is 15.2 Å². The molecular formula is C20H18FN3O3. The first-order valence-electron chi connectivity index (χ1n) is 8.59. The van der Waals surface area contributed by atoms with Gasteiger partial charge in [-0.15, -0.1) is 0 Å². The van der Waals surface area contributed by atoms with Gasteiger partial charge in [-0.2, -0.15) is 5.10 Å². The highest BCUT2D eigenvalue weighted by Gasteiger charge is 2.32. The fourth-order valence-corrected chi connectivity index (χ4v) is 3.23. The van der Waals surface area contributed by atoms with E-state index in [4.69, 9.17) is 4.74 Å². The molecule has 0 radical (unpaired) electrons. The van der Waals surface area contributed by atoms with E-state index in [2.05, 4.69) is 15.5 Å². The summed E-state index contributed by atoms with van der Waals surface area (Å²) in [4.78, 5) is 12.5. The zero-order valence-electron chi connectivity index (χ0n) is 14.4. The second-order valence-corrected chi connectivity index (χ2v) is 6.45. The molecule has 27 heavy (non-hydrogen) atoms. The molecule has 2 aromatic carbocycles. The minimum atomic E-state index is -0.666. The van der Waals surface area contributed by atoms with Gasteiger partial charge in [-0.05, 0) is 29.3 Å². The summed E-state index contributed by atoms with van der Waals surface area (Å²) in [5.41, 5.74) is 2.73. The van der Waals surface area contributed by atoms with Crippen molar-refractivity contribution in [3.63, 3.8) is 0 Å². The maximum absolute atomic E-state index is 13.2. The van der Waals surface area contributed by atoms with Crippen LogP contribution in [0.5, 0.6) is 5.75 Å². The third-order valence-corrected chi connectivity index (χ3v) is 4.54. The highest BCUT2D eigenvalue weighted by Crippen LogP contribution is 2.31. The van der Waals surface area contributed by atoms with E-state index >= 15 is 0 Å². The van der Waals surface area contributed by atoms with Crippen LogP contribution >= 0.6 is 0 Å². The molecule has 0 saturated heterocycles. The van der Waals surface area contributed by atoms with Crippen LogP contribution in [0, 0.1) is 5.82 Å². The highest BCUT2D eigenvalue weighted by molar-refractivity contribution is 5.92. The van der Waals surface area contributed by atoms with Gasteiger partial charge in [0, 0.05) is 12.5 Å². The molecule has 138 valence electrons. The molecule has 0 fully saturated rings. The normalized spacial score (nSPS) is 18.1. The molecule has 1 heterocycles. The number of fused-ring (bicyclic) bond motifs is 1. The molecule has 1 aliphatic carbocycles. The lowest BCUT2D eigenvalue weighted by atomic mass is 10.1. The number of nitrogens with zero attached hydrogens (tertiary/aromatic N) is 1. The van der Waals surface area contributed by atoms with Gasteiger partial charge in [-0.1, -0.05) is 30.3 Å². The summed E-state index contributed by atoms with van der Waals surface area (Å²) >= 11 is 0. The van der Waals surface area contributed by atoms with Crippen molar-refractivity contribution in [1.29, 1.82) is 0 Å². The van der Waals surface area contributed by atoms with E-state index in [1.807, 2.05) is 24.3 Å². The molecule has 0 unspecified atom stereocenters. The summed E-state index contributed by atoms with van der Waals surface area (Å²) in [7, 11) is 0. The van der Waals surface area contributed by atoms with Gasteiger partial charge >= 0.3 is 0 Å². The number of H-pyrrole nitrogens is 1. The van der Waals surface area contributed by atoms with Crippen molar-refractivity contribution in [3.8, 4) is 5.75 Å². The number of carbonyl (C=O) groups is 1. The molecule has 4 rings (SSSR count). The summed E-state index contributed by atoms with van der Waals surface area (Å²) in [5, 5.41) is 19.8. The predicted octanol–water partition coefficient (Wildman–Crippen LogP) is 2.52. The van der Waals surface area contributed by atoms with E-state index in [-0.39, 0.29) is 24.0 Å². The highest BCUT2D eigenvalue weighted by atomic mass is 19.1. The number of aromatic nitrogens is 2. The molecule has 0 saturated carbocycles. The average Bonchev–Trinajstić information content (AvgIpc) is 3.25. The first-order valence-corrected chi connectivity index (χ1v) is 8.59. The molecule has 1 amide bonds. The molecule has 0 aliphatic heterocycles. The number of carbonyl (C=O) groups excluding carboxylic acids is 1. The Labute approximate surface area is 155 Å². The van der Waals surface area contributed by atoms with Crippen molar-refractivity contribution < 1.29 is 19.0 Å². The van der Waals surface area contributed by atoms with Gasteiger partial charge in [0.25, 0.3) is 5.91 Å². The molecule has 2 atom stereocenters. The number of rotatable bonds is 5. The number of aliphatic hydroxyl groups excluding tert-OH is 1. The van der Waals surface area contributed by atoms with Crippen LogP contribution in [0.15, 0.2) is 54.6 Å². The molecule has 0 spiro atoms.